The number of benzene rings is 1. The molecule has 0 saturated carbocycles. The standard InChI is InChI=1S/C17H23N3O2/c1-6-20(7-2)14-8-9-16(22-5)13(10-14)11-15-17(21)19(4)12(3)18-15/h8-11H,6-7H2,1-5H3/b15-11-. The van der Waals surface area contributed by atoms with E-state index in [1.165, 1.54) is 0 Å². The van der Waals surface area contributed by atoms with Crippen molar-refractivity contribution in [2.24, 2.45) is 4.99 Å². The first-order valence-electron chi connectivity index (χ1n) is 7.49. The number of carbonyl (C=O) groups is 1. The molecule has 1 aliphatic rings. The number of methoxy groups -OCH3 is 1. The summed E-state index contributed by atoms with van der Waals surface area (Å²) in [6, 6.07) is 6.00. The first-order valence-corrected chi connectivity index (χ1v) is 7.49. The summed E-state index contributed by atoms with van der Waals surface area (Å²) in [6.45, 7) is 7.92. The highest BCUT2D eigenvalue weighted by molar-refractivity contribution is 6.13. The number of hydrogen-bond acceptors (Lipinski definition) is 4. The van der Waals surface area contributed by atoms with Gasteiger partial charge in [-0.15, -0.1) is 0 Å². The number of amidine groups is 1. The van der Waals surface area contributed by atoms with Gasteiger partial charge in [-0.25, -0.2) is 4.99 Å². The van der Waals surface area contributed by atoms with Gasteiger partial charge in [0.05, 0.1) is 7.11 Å². The van der Waals surface area contributed by atoms with Gasteiger partial charge >= 0.3 is 0 Å². The molecule has 2 rings (SSSR count). The van der Waals surface area contributed by atoms with Crippen molar-refractivity contribution in [1.29, 1.82) is 0 Å². The first kappa shape index (κ1) is 16.1. The van der Waals surface area contributed by atoms with Crippen molar-refractivity contribution in [3.63, 3.8) is 0 Å². The smallest absolute Gasteiger partial charge is 0.277 e. The Kier molecular flexibility index (Phi) is 4.85. The fraction of sp³-hybridized carbons (Fsp3) is 0.412. The lowest BCUT2D eigenvalue weighted by Crippen LogP contribution is -2.25. The van der Waals surface area contributed by atoms with Crippen molar-refractivity contribution in [2.45, 2.75) is 20.8 Å². The monoisotopic (exact) mass is 301 g/mol. The maximum absolute atomic E-state index is 12.1. The van der Waals surface area contributed by atoms with Crippen LogP contribution in [0.3, 0.4) is 0 Å². The summed E-state index contributed by atoms with van der Waals surface area (Å²) in [6.07, 6.45) is 1.79. The maximum atomic E-state index is 12.1. The molecular formula is C17H23N3O2. The second-order valence-electron chi connectivity index (χ2n) is 5.15. The molecule has 1 aliphatic heterocycles. The van der Waals surface area contributed by atoms with Crippen molar-refractivity contribution in [3.8, 4) is 5.75 Å². The Balaban J connectivity index is 2.45. The molecule has 22 heavy (non-hydrogen) atoms. The highest BCUT2D eigenvalue weighted by Gasteiger charge is 2.24. The van der Waals surface area contributed by atoms with Crippen LogP contribution in [0.5, 0.6) is 5.75 Å². The van der Waals surface area contributed by atoms with E-state index in [4.69, 9.17) is 4.74 Å². The van der Waals surface area contributed by atoms with E-state index in [-0.39, 0.29) is 5.91 Å². The Morgan fingerprint density at radius 3 is 2.50 bits per heavy atom. The van der Waals surface area contributed by atoms with Gasteiger partial charge in [0.2, 0.25) is 0 Å². The average Bonchev–Trinajstić information content (AvgIpc) is 2.76. The number of hydrogen-bond donors (Lipinski definition) is 0. The molecule has 1 heterocycles. The van der Waals surface area contributed by atoms with E-state index < -0.39 is 0 Å². The molecule has 0 radical (unpaired) electrons. The lowest BCUT2D eigenvalue weighted by atomic mass is 10.1. The average molecular weight is 301 g/mol. The molecule has 1 amide bonds. The Morgan fingerprint density at radius 2 is 2.00 bits per heavy atom. The van der Waals surface area contributed by atoms with Crippen LogP contribution in [0.1, 0.15) is 26.3 Å². The lowest BCUT2D eigenvalue weighted by Gasteiger charge is -2.22. The van der Waals surface area contributed by atoms with Crippen LogP contribution in [0.25, 0.3) is 6.08 Å². The van der Waals surface area contributed by atoms with E-state index in [2.05, 4.69) is 23.7 Å². The zero-order valence-corrected chi connectivity index (χ0v) is 13.9. The molecule has 0 aromatic heterocycles. The molecule has 0 N–H and O–H groups in total. The molecule has 0 bridgehead atoms. The number of ether oxygens (including phenoxy) is 1. The van der Waals surface area contributed by atoms with Crippen LogP contribution in [0.2, 0.25) is 0 Å². The molecule has 0 spiro atoms. The van der Waals surface area contributed by atoms with Crippen molar-refractivity contribution in [3.05, 3.63) is 29.5 Å². The quantitative estimate of drug-likeness (QED) is 0.786. The predicted octanol–water partition coefficient (Wildman–Crippen LogP) is 2.77. The van der Waals surface area contributed by atoms with Crippen molar-refractivity contribution >= 4 is 23.5 Å². The topological polar surface area (TPSA) is 45.1 Å². The van der Waals surface area contributed by atoms with Crippen molar-refractivity contribution < 1.29 is 9.53 Å². The summed E-state index contributed by atoms with van der Waals surface area (Å²) in [7, 11) is 3.36. The minimum Gasteiger partial charge on any atom is -0.496 e. The van der Waals surface area contributed by atoms with Gasteiger partial charge < -0.3 is 9.64 Å². The summed E-state index contributed by atoms with van der Waals surface area (Å²) in [5.74, 6) is 1.35. The molecular weight excluding hydrogens is 278 g/mol. The van der Waals surface area contributed by atoms with Gasteiger partial charge in [0.1, 0.15) is 17.3 Å². The second-order valence-corrected chi connectivity index (χ2v) is 5.15. The van der Waals surface area contributed by atoms with Gasteiger partial charge in [-0.05, 0) is 45.0 Å². The van der Waals surface area contributed by atoms with E-state index >= 15 is 0 Å². The predicted molar refractivity (Wildman–Crippen MR) is 90.4 cm³/mol. The van der Waals surface area contributed by atoms with E-state index in [9.17, 15) is 4.79 Å². The zero-order valence-electron chi connectivity index (χ0n) is 13.9. The van der Waals surface area contributed by atoms with Gasteiger partial charge in [0.15, 0.2) is 0 Å². The van der Waals surface area contributed by atoms with Crippen molar-refractivity contribution in [1.82, 2.24) is 4.90 Å². The number of nitrogens with zero attached hydrogens (tertiary/aromatic N) is 3. The number of rotatable bonds is 5. The molecule has 0 aliphatic carbocycles. The number of anilines is 1. The Labute approximate surface area is 131 Å². The minimum absolute atomic E-state index is 0.0900. The van der Waals surface area contributed by atoms with Crippen LogP contribution >= 0.6 is 0 Å². The first-order chi connectivity index (χ1) is 10.5. The molecule has 1 aromatic carbocycles. The molecule has 5 nitrogen and oxygen atoms in total. The SMILES string of the molecule is CCN(CC)c1ccc(OC)c(/C=C2\N=C(C)N(C)C2=O)c1. The van der Waals surface area contributed by atoms with E-state index in [0.29, 0.717) is 11.5 Å². The molecule has 0 fully saturated rings. The van der Waals surface area contributed by atoms with Crippen LogP contribution in [0.4, 0.5) is 5.69 Å². The lowest BCUT2D eigenvalue weighted by molar-refractivity contribution is -0.121. The highest BCUT2D eigenvalue weighted by atomic mass is 16.5. The molecule has 118 valence electrons. The Hall–Kier alpha value is -2.30. The number of carbonyl (C=O) groups excluding carboxylic acids is 1. The zero-order chi connectivity index (χ0) is 16.3. The van der Waals surface area contributed by atoms with Crippen molar-refractivity contribution in [2.75, 3.05) is 32.1 Å². The summed E-state index contributed by atoms with van der Waals surface area (Å²) in [5, 5.41) is 0. The third-order valence-corrected chi connectivity index (χ3v) is 3.93. The van der Waals surface area contributed by atoms with Gasteiger partial charge in [-0.2, -0.15) is 0 Å². The second kappa shape index (κ2) is 6.64. The summed E-state index contributed by atoms with van der Waals surface area (Å²) < 4.78 is 5.41. The fourth-order valence-electron chi connectivity index (χ4n) is 2.48. The summed E-state index contributed by atoms with van der Waals surface area (Å²) in [4.78, 5) is 20.3. The molecule has 5 heteroatoms. The number of amides is 1. The maximum Gasteiger partial charge on any atom is 0.277 e. The van der Waals surface area contributed by atoms with Crippen LogP contribution in [0, 0.1) is 0 Å². The number of aliphatic imine (C=N–C) groups is 1. The molecule has 0 unspecified atom stereocenters. The van der Waals surface area contributed by atoms with E-state index in [1.54, 1.807) is 25.1 Å². The normalized spacial score (nSPS) is 16.2. The van der Waals surface area contributed by atoms with Crippen LogP contribution in [-0.4, -0.2) is 43.9 Å². The Bertz CT molecular complexity index is 631. The summed E-state index contributed by atoms with van der Waals surface area (Å²) >= 11 is 0. The molecule has 0 saturated heterocycles. The van der Waals surface area contributed by atoms with Crippen LogP contribution in [0.15, 0.2) is 28.9 Å². The van der Waals surface area contributed by atoms with E-state index in [1.807, 2.05) is 25.1 Å². The van der Waals surface area contributed by atoms with Gasteiger partial charge in [0, 0.05) is 31.4 Å². The van der Waals surface area contributed by atoms with Crippen LogP contribution < -0.4 is 9.64 Å². The van der Waals surface area contributed by atoms with Gasteiger partial charge in [-0.1, -0.05) is 0 Å². The van der Waals surface area contributed by atoms with Gasteiger partial charge in [-0.3, -0.25) is 9.69 Å². The Morgan fingerprint density at radius 1 is 1.32 bits per heavy atom. The third-order valence-electron chi connectivity index (χ3n) is 3.93. The van der Waals surface area contributed by atoms with E-state index in [0.717, 1.165) is 30.1 Å². The fourth-order valence-corrected chi connectivity index (χ4v) is 2.48. The molecule has 1 aromatic rings. The minimum atomic E-state index is -0.0900. The largest absolute Gasteiger partial charge is 0.496 e. The number of likely N-dealkylation sites (N-methyl/N-ethyl adjacent to an activating group) is 1. The highest BCUT2D eigenvalue weighted by Crippen LogP contribution is 2.28. The summed E-state index contributed by atoms with van der Waals surface area (Å²) in [5.41, 5.74) is 2.41. The van der Waals surface area contributed by atoms with Gasteiger partial charge in [0.25, 0.3) is 5.91 Å². The van der Waals surface area contributed by atoms with Crippen LogP contribution in [-0.2, 0) is 4.79 Å². The third kappa shape index (κ3) is 2.98. The molecule has 0 atom stereocenters.